The van der Waals surface area contributed by atoms with E-state index in [0.717, 1.165) is 68.3 Å². The van der Waals surface area contributed by atoms with Crippen LogP contribution in [0, 0.1) is 10.1 Å². The Morgan fingerprint density at radius 1 is 1.09 bits per heavy atom. The van der Waals surface area contributed by atoms with Crippen LogP contribution in [-0.2, 0) is 17.6 Å². The summed E-state index contributed by atoms with van der Waals surface area (Å²) in [5, 5.41) is 13.9. The molecule has 0 bridgehead atoms. The van der Waals surface area contributed by atoms with Gasteiger partial charge in [-0.15, -0.1) is 0 Å². The van der Waals surface area contributed by atoms with Crippen molar-refractivity contribution in [2.24, 2.45) is 0 Å². The van der Waals surface area contributed by atoms with Gasteiger partial charge in [0.1, 0.15) is 12.4 Å². The zero-order valence-corrected chi connectivity index (χ0v) is 18.1. The van der Waals surface area contributed by atoms with Crippen LogP contribution in [0.1, 0.15) is 11.1 Å². The lowest BCUT2D eigenvalue weighted by Gasteiger charge is -2.26. The molecule has 0 saturated carbocycles. The highest BCUT2D eigenvalue weighted by Gasteiger charge is 2.20. The number of morpholine rings is 1. The van der Waals surface area contributed by atoms with Gasteiger partial charge in [0.25, 0.3) is 0 Å². The molecular weight excluding hydrogens is 424 g/mol. The van der Waals surface area contributed by atoms with Crippen molar-refractivity contribution in [3.63, 3.8) is 0 Å². The number of nitrogens with zero attached hydrogens (tertiary/aromatic N) is 5. The van der Waals surface area contributed by atoms with Crippen molar-refractivity contribution in [2.45, 2.75) is 12.8 Å². The fourth-order valence-corrected chi connectivity index (χ4v) is 4.06. The van der Waals surface area contributed by atoms with E-state index in [0.29, 0.717) is 18.2 Å². The Morgan fingerprint density at radius 2 is 1.94 bits per heavy atom. The Balaban J connectivity index is 1.28. The number of pyridine rings is 1. The van der Waals surface area contributed by atoms with E-state index in [2.05, 4.69) is 32.3 Å². The Labute approximate surface area is 190 Å². The van der Waals surface area contributed by atoms with Gasteiger partial charge in [-0.1, -0.05) is 0 Å². The van der Waals surface area contributed by atoms with Crippen LogP contribution in [0.15, 0.2) is 42.7 Å². The van der Waals surface area contributed by atoms with Gasteiger partial charge >= 0.3 is 5.82 Å². The van der Waals surface area contributed by atoms with Crippen molar-refractivity contribution < 1.29 is 14.4 Å². The van der Waals surface area contributed by atoms with Gasteiger partial charge in [-0.3, -0.25) is 4.90 Å². The van der Waals surface area contributed by atoms with E-state index in [1.54, 1.807) is 6.07 Å². The second-order valence-corrected chi connectivity index (χ2v) is 7.98. The molecule has 2 aromatic heterocycles. The summed E-state index contributed by atoms with van der Waals surface area (Å²) in [6, 6.07) is 9.08. The van der Waals surface area contributed by atoms with E-state index >= 15 is 0 Å². The van der Waals surface area contributed by atoms with Crippen LogP contribution in [-0.4, -0.2) is 64.2 Å². The third kappa shape index (κ3) is 4.91. The standard InChI is InChI=1S/C23H24N6O4/c30-29(31)21-6-3-18(15-24-21)26-23-25-14-17-2-1-16-13-19(4-5-20(16)22(17)27-23)33-12-9-28-7-10-32-11-8-28/h3-6,13-15H,1-2,7-12H2,(H,25,26,27). The maximum Gasteiger partial charge on any atom is 0.363 e. The second kappa shape index (κ2) is 9.47. The molecule has 33 heavy (non-hydrogen) atoms. The normalized spacial score (nSPS) is 15.4. The molecule has 170 valence electrons. The van der Waals surface area contributed by atoms with Gasteiger partial charge in [-0.25, -0.2) is 9.97 Å². The number of aromatic nitrogens is 3. The number of hydrogen-bond acceptors (Lipinski definition) is 9. The quantitative estimate of drug-likeness (QED) is 0.430. The lowest BCUT2D eigenvalue weighted by atomic mass is 9.90. The molecule has 2 aliphatic rings. The average molecular weight is 448 g/mol. The summed E-state index contributed by atoms with van der Waals surface area (Å²) in [7, 11) is 0. The van der Waals surface area contributed by atoms with Crippen molar-refractivity contribution in [3.8, 4) is 17.0 Å². The molecule has 1 aliphatic heterocycles. The van der Waals surface area contributed by atoms with Crippen LogP contribution >= 0.6 is 0 Å². The number of nitro groups is 1. The van der Waals surface area contributed by atoms with Crippen molar-refractivity contribution in [1.29, 1.82) is 0 Å². The van der Waals surface area contributed by atoms with Crippen LogP contribution in [0.5, 0.6) is 5.75 Å². The highest BCUT2D eigenvalue weighted by Crippen LogP contribution is 2.34. The van der Waals surface area contributed by atoms with Crippen LogP contribution in [0.3, 0.4) is 0 Å². The number of benzene rings is 1. The first-order chi connectivity index (χ1) is 16.2. The zero-order valence-electron chi connectivity index (χ0n) is 18.1. The minimum Gasteiger partial charge on any atom is -0.492 e. The Bertz CT molecular complexity index is 1150. The molecule has 0 amide bonds. The van der Waals surface area contributed by atoms with Crippen molar-refractivity contribution in [2.75, 3.05) is 44.8 Å². The summed E-state index contributed by atoms with van der Waals surface area (Å²) in [5.74, 6) is 1.08. The smallest absolute Gasteiger partial charge is 0.363 e. The topological polar surface area (TPSA) is 116 Å². The predicted octanol–water partition coefficient (Wildman–Crippen LogP) is 3.00. The molecule has 10 heteroatoms. The monoisotopic (exact) mass is 448 g/mol. The molecule has 3 aromatic rings. The average Bonchev–Trinajstić information content (AvgIpc) is 2.85. The van der Waals surface area contributed by atoms with Crippen LogP contribution in [0.2, 0.25) is 0 Å². The molecule has 1 N–H and O–H groups in total. The number of hydrogen-bond donors (Lipinski definition) is 1. The fraction of sp³-hybridized carbons (Fsp3) is 0.348. The van der Waals surface area contributed by atoms with E-state index in [1.165, 1.54) is 17.8 Å². The molecule has 3 heterocycles. The molecule has 0 spiro atoms. The lowest BCUT2D eigenvalue weighted by Crippen LogP contribution is -2.38. The van der Waals surface area contributed by atoms with E-state index < -0.39 is 4.92 Å². The third-order valence-electron chi connectivity index (χ3n) is 5.83. The zero-order chi connectivity index (χ0) is 22.6. The molecule has 1 aromatic carbocycles. The molecule has 0 radical (unpaired) electrons. The van der Waals surface area contributed by atoms with Crippen molar-refractivity contribution in [1.82, 2.24) is 19.9 Å². The number of nitrogens with one attached hydrogen (secondary N) is 1. The van der Waals surface area contributed by atoms with Gasteiger partial charge in [-0.2, -0.15) is 0 Å². The van der Waals surface area contributed by atoms with E-state index in [1.807, 2.05) is 12.3 Å². The first-order valence-electron chi connectivity index (χ1n) is 11.0. The third-order valence-corrected chi connectivity index (χ3v) is 5.83. The number of fused-ring (bicyclic) bond motifs is 3. The van der Waals surface area contributed by atoms with Gasteiger partial charge < -0.3 is 24.9 Å². The first kappa shape index (κ1) is 21.2. The van der Waals surface area contributed by atoms with Gasteiger partial charge in [0.2, 0.25) is 5.95 Å². The highest BCUT2D eigenvalue weighted by molar-refractivity contribution is 5.71. The number of rotatable bonds is 7. The Hall–Kier alpha value is -3.63. The van der Waals surface area contributed by atoms with Crippen LogP contribution < -0.4 is 10.1 Å². The van der Waals surface area contributed by atoms with E-state index in [4.69, 9.17) is 14.5 Å². The van der Waals surface area contributed by atoms with Crippen molar-refractivity contribution >= 4 is 17.5 Å². The summed E-state index contributed by atoms with van der Waals surface area (Å²) >= 11 is 0. The maximum atomic E-state index is 10.8. The Kier molecular flexibility index (Phi) is 6.09. The van der Waals surface area contributed by atoms with E-state index in [-0.39, 0.29) is 5.82 Å². The van der Waals surface area contributed by atoms with Gasteiger partial charge in [0, 0.05) is 37.5 Å². The molecule has 5 rings (SSSR count). The molecule has 1 saturated heterocycles. The fourth-order valence-electron chi connectivity index (χ4n) is 4.06. The molecule has 10 nitrogen and oxygen atoms in total. The minimum absolute atomic E-state index is 0.205. The SMILES string of the molecule is O=[N+]([O-])c1ccc(Nc2ncc3c(n2)-c2ccc(OCCN4CCOCC4)cc2CC3)cn1. The minimum atomic E-state index is -0.531. The maximum absolute atomic E-state index is 10.8. The summed E-state index contributed by atoms with van der Waals surface area (Å²) in [4.78, 5) is 25.5. The largest absolute Gasteiger partial charge is 0.492 e. The van der Waals surface area contributed by atoms with Crippen molar-refractivity contribution in [3.05, 3.63) is 64.0 Å². The van der Waals surface area contributed by atoms with Gasteiger partial charge in [0.15, 0.2) is 6.20 Å². The summed E-state index contributed by atoms with van der Waals surface area (Å²) in [6.07, 6.45) is 5.00. The number of anilines is 2. The van der Waals surface area contributed by atoms with Crippen LogP contribution in [0.25, 0.3) is 11.3 Å². The Morgan fingerprint density at radius 3 is 2.73 bits per heavy atom. The molecular formula is C23H24N6O4. The summed E-state index contributed by atoms with van der Waals surface area (Å²) in [6.45, 7) is 5.03. The van der Waals surface area contributed by atoms with Gasteiger partial charge in [-0.05, 0) is 58.1 Å². The lowest BCUT2D eigenvalue weighted by molar-refractivity contribution is -0.389. The predicted molar refractivity (Wildman–Crippen MR) is 122 cm³/mol. The second-order valence-electron chi connectivity index (χ2n) is 7.98. The summed E-state index contributed by atoms with van der Waals surface area (Å²) < 4.78 is 11.4. The molecule has 1 aliphatic carbocycles. The number of ether oxygens (including phenoxy) is 2. The van der Waals surface area contributed by atoms with E-state index in [9.17, 15) is 10.1 Å². The van der Waals surface area contributed by atoms with Gasteiger partial charge in [0.05, 0.1) is 24.6 Å². The number of aryl methyl sites for hydroxylation is 2. The first-order valence-corrected chi connectivity index (χ1v) is 11.0. The molecule has 0 atom stereocenters. The molecule has 1 fully saturated rings. The summed E-state index contributed by atoms with van der Waals surface area (Å²) in [5.41, 5.74) is 4.84. The molecule has 0 unspecified atom stereocenters. The van der Waals surface area contributed by atoms with Crippen LogP contribution in [0.4, 0.5) is 17.5 Å². The highest BCUT2D eigenvalue weighted by atomic mass is 16.6.